The molecule has 1 aliphatic heterocycles. The van der Waals surface area contributed by atoms with Crippen LogP contribution in [0, 0.1) is 0 Å². The van der Waals surface area contributed by atoms with Gasteiger partial charge in [-0.3, -0.25) is 4.99 Å². The molecule has 80 valence electrons. The number of hydrogen-bond donors (Lipinski definition) is 2. The summed E-state index contributed by atoms with van der Waals surface area (Å²) in [5.41, 5.74) is 0. The molecule has 3 atom stereocenters. The molecule has 1 fully saturated rings. The highest BCUT2D eigenvalue weighted by atomic mass is 16.7. The standard InChI is InChI=1S/C8H13NO5/c1-9-4-13-7-3-5(10)2-6(14-7)8(11)12/h4-7,10H,2-3H2,1H3,(H,11,12)/b9-4+. The third-order valence-electron chi connectivity index (χ3n) is 1.86. The van der Waals surface area contributed by atoms with E-state index < -0.39 is 24.5 Å². The first-order valence-corrected chi connectivity index (χ1v) is 4.26. The van der Waals surface area contributed by atoms with Crippen LogP contribution in [0.25, 0.3) is 0 Å². The summed E-state index contributed by atoms with van der Waals surface area (Å²) in [5, 5.41) is 18.0. The molecule has 6 heteroatoms. The first-order valence-electron chi connectivity index (χ1n) is 4.26. The Balaban J connectivity index is 2.49. The van der Waals surface area contributed by atoms with Crippen molar-refractivity contribution < 1.29 is 24.5 Å². The molecule has 0 aromatic carbocycles. The van der Waals surface area contributed by atoms with E-state index in [9.17, 15) is 9.90 Å². The molecular formula is C8H13NO5. The van der Waals surface area contributed by atoms with E-state index >= 15 is 0 Å². The first kappa shape index (κ1) is 10.9. The number of aliphatic hydroxyl groups is 1. The normalized spacial score (nSPS) is 33.1. The van der Waals surface area contributed by atoms with Crippen LogP contribution in [-0.4, -0.2) is 48.1 Å². The number of aliphatic hydroxyl groups excluding tert-OH is 1. The molecule has 0 aliphatic carbocycles. The predicted molar refractivity (Wildman–Crippen MR) is 47.0 cm³/mol. The number of carboxylic acid groups (broad SMARTS) is 1. The monoisotopic (exact) mass is 203 g/mol. The number of aliphatic imine (C=N–C) groups is 1. The summed E-state index contributed by atoms with van der Waals surface area (Å²) in [6.45, 7) is 0. The molecule has 2 N–H and O–H groups in total. The maximum absolute atomic E-state index is 10.6. The summed E-state index contributed by atoms with van der Waals surface area (Å²) >= 11 is 0. The fraction of sp³-hybridized carbons (Fsp3) is 0.750. The Morgan fingerprint density at radius 1 is 1.64 bits per heavy atom. The van der Waals surface area contributed by atoms with Crippen molar-refractivity contribution in [2.45, 2.75) is 31.3 Å². The van der Waals surface area contributed by atoms with Crippen molar-refractivity contribution in [2.24, 2.45) is 4.99 Å². The maximum atomic E-state index is 10.6. The van der Waals surface area contributed by atoms with Crippen molar-refractivity contribution in [3.63, 3.8) is 0 Å². The minimum absolute atomic E-state index is 0.0957. The van der Waals surface area contributed by atoms with Crippen LogP contribution in [-0.2, 0) is 14.3 Å². The highest BCUT2D eigenvalue weighted by molar-refractivity contribution is 5.72. The average Bonchev–Trinajstić information content (AvgIpc) is 2.14. The molecule has 0 saturated carbocycles. The van der Waals surface area contributed by atoms with Gasteiger partial charge in [0.2, 0.25) is 6.29 Å². The lowest BCUT2D eigenvalue weighted by Gasteiger charge is -2.29. The van der Waals surface area contributed by atoms with Gasteiger partial charge in [0.15, 0.2) is 12.5 Å². The van der Waals surface area contributed by atoms with E-state index in [-0.39, 0.29) is 12.8 Å². The highest BCUT2D eigenvalue weighted by Gasteiger charge is 2.33. The topological polar surface area (TPSA) is 88.4 Å². The summed E-state index contributed by atoms with van der Waals surface area (Å²) in [6, 6.07) is 0. The number of hydrogen-bond acceptors (Lipinski definition) is 5. The Kier molecular flexibility index (Phi) is 3.84. The van der Waals surface area contributed by atoms with Gasteiger partial charge >= 0.3 is 5.97 Å². The lowest BCUT2D eigenvalue weighted by atomic mass is 10.1. The number of nitrogens with zero attached hydrogens (tertiary/aromatic N) is 1. The minimum Gasteiger partial charge on any atom is -0.479 e. The van der Waals surface area contributed by atoms with Crippen LogP contribution in [0.15, 0.2) is 4.99 Å². The van der Waals surface area contributed by atoms with Gasteiger partial charge in [-0.15, -0.1) is 0 Å². The Hall–Kier alpha value is -1.14. The maximum Gasteiger partial charge on any atom is 0.333 e. The Labute approximate surface area is 81.2 Å². The largest absolute Gasteiger partial charge is 0.479 e. The molecule has 1 heterocycles. The summed E-state index contributed by atoms with van der Waals surface area (Å²) in [4.78, 5) is 14.2. The van der Waals surface area contributed by atoms with Crippen LogP contribution in [0.1, 0.15) is 12.8 Å². The van der Waals surface area contributed by atoms with Gasteiger partial charge in [0.25, 0.3) is 0 Å². The van der Waals surface area contributed by atoms with E-state index in [4.69, 9.17) is 14.6 Å². The zero-order chi connectivity index (χ0) is 10.6. The van der Waals surface area contributed by atoms with Gasteiger partial charge in [-0.25, -0.2) is 4.79 Å². The van der Waals surface area contributed by atoms with Crippen molar-refractivity contribution in [1.29, 1.82) is 0 Å². The molecule has 1 saturated heterocycles. The molecule has 0 aromatic rings. The quantitative estimate of drug-likeness (QED) is 0.481. The molecule has 3 unspecified atom stereocenters. The van der Waals surface area contributed by atoms with E-state index in [1.54, 1.807) is 0 Å². The third kappa shape index (κ3) is 2.97. The molecule has 6 nitrogen and oxygen atoms in total. The molecule has 0 spiro atoms. The van der Waals surface area contributed by atoms with Gasteiger partial charge in [-0.05, 0) is 0 Å². The minimum atomic E-state index is -1.09. The van der Waals surface area contributed by atoms with Crippen LogP contribution in [0.3, 0.4) is 0 Å². The number of carbonyl (C=O) groups is 1. The molecule has 1 rings (SSSR count). The van der Waals surface area contributed by atoms with Crippen molar-refractivity contribution in [2.75, 3.05) is 7.05 Å². The second-order valence-electron chi connectivity index (χ2n) is 3.02. The lowest BCUT2D eigenvalue weighted by molar-refractivity contribution is -0.197. The molecule has 14 heavy (non-hydrogen) atoms. The average molecular weight is 203 g/mol. The Bertz CT molecular complexity index is 230. The fourth-order valence-corrected chi connectivity index (χ4v) is 1.24. The van der Waals surface area contributed by atoms with E-state index in [1.807, 2.05) is 0 Å². The zero-order valence-corrected chi connectivity index (χ0v) is 7.79. The van der Waals surface area contributed by atoms with Gasteiger partial charge in [0.05, 0.1) is 6.10 Å². The van der Waals surface area contributed by atoms with Crippen molar-refractivity contribution in [1.82, 2.24) is 0 Å². The Morgan fingerprint density at radius 3 is 2.93 bits per heavy atom. The third-order valence-corrected chi connectivity index (χ3v) is 1.86. The molecule has 0 aromatic heterocycles. The summed E-state index contributed by atoms with van der Waals surface area (Å²) in [7, 11) is 1.52. The predicted octanol–water partition coefficient (Wildman–Crippen LogP) is -0.388. The molecule has 0 bridgehead atoms. The second-order valence-corrected chi connectivity index (χ2v) is 3.02. The van der Waals surface area contributed by atoms with Gasteiger partial charge in [-0.2, -0.15) is 0 Å². The van der Waals surface area contributed by atoms with Crippen molar-refractivity contribution >= 4 is 12.4 Å². The van der Waals surface area contributed by atoms with E-state index in [0.717, 1.165) is 0 Å². The Morgan fingerprint density at radius 2 is 2.36 bits per heavy atom. The van der Waals surface area contributed by atoms with Crippen molar-refractivity contribution in [3.8, 4) is 0 Å². The fourth-order valence-electron chi connectivity index (χ4n) is 1.24. The van der Waals surface area contributed by atoms with Crippen LogP contribution >= 0.6 is 0 Å². The van der Waals surface area contributed by atoms with Gasteiger partial charge in [0.1, 0.15) is 0 Å². The highest BCUT2D eigenvalue weighted by Crippen LogP contribution is 2.20. The van der Waals surface area contributed by atoms with Crippen LogP contribution in [0.4, 0.5) is 0 Å². The summed E-state index contributed by atoms with van der Waals surface area (Å²) < 4.78 is 9.99. The number of aliphatic carboxylic acids is 1. The van der Waals surface area contributed by atoms with E-state index in [0.29, 0.717) is 0 Å². The number of carboxylic acids is 1. The molecule has 0 amide bonds. The van der Waals surface area contributed by atoms with Crippen LogP contribution in [0.2, 0.25) is 0 Å². The van der Waals surface area contributed by atoms with Crippen LogP contribution in [0.5, 0.6) is 0 Å². The van der Waals surface area contributed by atoms with Crippen molar-refractivity contribution in [3.05, 3.63) is 0 Å². The smallest absolute Gasteiger partial charge is 0.333 e. The van der Waals surface area contributed by atoms with Gasteiger partial charge in [0, 0.05) is 19.9 Å². The summed E-state index contributed by atoms with van der Waals surface area (Å²) in [5.74, 6) is -1.09. The van der Waals surface area contributed by atoms with E-state index in [1.165, 1.54) is 13.4 Å². The van der Waals surface area contributed by atoms with E-state index in [2.05, 4.69) is 4.99 Å². The number of rotatable bonds is 3. The lowest BCUT2D eigenvalue weighted by Crippen LogP contribution is -2.41. The van der Waals surface area contributed by atoms with Crippen LogP contribution < -0.4 is 0 Å². The van der Waals surface area contributed by atoms with Gasteiger partial charge < -0.3 is 19.7 Å². The zero-order valence-electron chi connectivity index (χ0n) is 7.79. The summed E-state index contributed by atoms with van der Waals surface area (Å²) in [6.07, 6.45) is -0.923. The number of ether oxygens (including phenoxy) is 2. The first-order chi connectivity index (χ1) is 6.63. The second kappa shape index (κ2) is 4.92. The SMILES string of the molecule is C/N=C/OC1CC(O)CC(C(=O)O)O1. The molecular weight excluding hydrogens is 190 g/mol. The van der Waals surface area contributed by atoms with Gasteiger partial charge in [-0.1, -0.05) is 0 Å². The molecule has 0 radical (unpaired) electrons. The molecule has 1 aliphatic rings.